The van der Waals surface area contributed by atoms with E-state index < -0.39 is 0 Å². The van der Waals surface area contributed by atoms with Gasteiger partial charge in [0.15, 0.2) is 0 Å². The molecule has 0 bridgehead atoms. The predicted molar refractivity (Wildman–Crippen MR) is 79.3 cm³/mol. The summed E-state index contributed by atoms with van der Waals surface area (Å²) in [4.78, 5) is 4.85. The van der Waals surface area contributed by atoms with Gasteiger partial charge in [0, 0.05) is 13.1 Å². The minimum atomic E-state index is -0.0472. The van der Waals surface area contributed by atoms with E-state index in [0.717, 1.165) is 12.5 Å². The van der Waals surface area contributed by atoms with Crippen LogP contribution in [-0.2, 0) is 0 Å². The zero-order valence-electron chi connectivity index (χ0n) is 12.9. The number of hydrogen-bond donors (Lipinski definition) is 2. The Bertz CT molecular complexity index is 267. The highest BCUT2D eigenvalue weighted by molar-refractivity contribution is 5.02. The van der Waals surface area contributed by atoms with Gasteiger partial charge in [0.25, 0.3) is 0 Å². The van der Waals surface area contributed by atoms with Gasteiger partial charge < -0.3 is 20.2 Å². The number of nitrogens with one attached hydrogen (secondary N) is 1. The highest BCUT2D eigenvalue weighted by Gasteiger charge is 2.44. The van der Waals surface area contributed by atoms with E-state index in [2.05, 4.69) is 29.2 Å². The summed E-state index contributed by atoms with van der Waals surface area (Å²) in [5.74, 6) is 1.53. The van der Waals surface area contributed by atoms with Crippen molar-refractivity contribution in [2.75, 3.05) is 53.9 Å². The third-order valence-electron chi connectivity index (χ3n) is 4.98. The number of aliphatic hydroxyl groups is 1. The fourth-order valence-electron chi connectivity index (χ4n) is 3.55. The number of hydrogen-bond acceptors (Lipinski definition) is 4. The van der Waals surface area contributed by atoms with E-state index in [-0.39, 0.29) is 12.1 Å². The zero-order chi connectivity index (χ0) is 13.9. The van der Waals surface area contributed by atoms with Gasteiger partial charge in [-0.15, -0.1) is 0 Å². The Morgan fingerprint density at radius 1 is 1.21 bits per heavy atom. The molecule has 2 rings (SSSR count). The maximum Gasteiger partial charge on any atom is 0.0628 e. The molecular weight excluding hydrogens is 238 g/mol. The molecule has 4 heteroatoms. The van der Waals surface area contributed by atoms with Crippen molar-refractivity contribution in [1.82, 2.24) is 15.1 Å². The molecule has 1 atom stereocenters. The van der Waals surface area contributed by atoms with E-state index >= 15 is 0 Å². The minimum absolute atomic E-state index is 0.0472. The smallest absolute Gasteiger partial charge is 0.0628 e. The molecule has 1 saturated carbocycles. The average Bonchev–Trinajstić information content (AvgIpc) is 3.22. The van der Waals surface area contributed by atoms with Crippen LogP contribution in [0.25, 0.3) is 0 Å². The number of aliphatic hydroxyl groups excluding tert-OH is 1. The summed E-state index contributed by atoms with van der Waals surface area (Å²) < 4.78 is 0. The SMILES string of the molecule is CNC(CO)(CN1CCC(CN(C)C)CC1)C1CC1. The number of likely N-dealkylation sites (tertiary alicyclic amines) is 1. The normalized spacial score (nSPS) is 25.7. The second-order valence-corrected chi connectivity index (χ2v) is 6.82. The molecule has 0 aromatic rings. The van der Waals surface area contributed by atoms with Gasteiger partial charge in [0.05, 0.1) is 12.1 Å². The summed E-state index contributed by atoms with van der Waals surface area (Å²) in [7, 11) is 6.34. The topological polar surface area (TPSA) is 38.7 Å². The Balaban J connectivity index is 1.81. The molecule has 4 nitrogen and oxygen atoms in total. The van der Waals surface area contributed by atoms with E-state index in [9.17, 15) is 5.11 Å². The van der Waals surface area contributed by atoms with Crippen LogP contribution in [0.5, 0.6) is 0 Å². The Labute approximate surface area is 118 Å². The summed E-state index contributed by atoms with van der Waals surface area (Å²) >= 11 is 0. The van der Waals surface area contributed by atoms with E-state index in [0.29, 0.717) is 5.92 Å². The monoisotopic (exact) mass is 269 g/mol. The summed E-state index contributed by atoms with van der Waals surface area (Å²) in [5, 5.41) is 13.2. The Morgan fingerprint density at radius 3 is 2.26 bits per heavy atom. The number of nitrogens with zero attached hydrogens (tertiary/aromatic N) is 2. The van der Waals surface area contributed by atoms with Gasteiger partial charge in [0.1, 0.15) is 0 Å². The Kier molecular flexibility index (Phi) is 5.23. The van der Waals surface area contributed by atoms with Gasteiger partial charge in [0.2, 0.25) is 0 Å². The first-order chi connectivity index (χ1) is 9.09. The molecule has 0 spiro atoms. The van der Waals surface area contributed by atoms with E-state index in [1.165, 1.54) is 45.3 Å². The van der Waals surface area contributed by atoms with Crippen LogP contribution in [0, 0.1) is 11.8 Å². The van der Waals surface area contributed by atoms with Crippen molar-refractivity contribution >= 4 is 0 Å². The lowest BCUT2D eigenvalue weighted by Gasteiger charge is -2.40. The minimum Gasteiger partial charge on any atom is -0.394 e. The third kappa shape index (κ3) is 3.91. The van der Waals surface area contributed by atoms with Crippen LogP contribution in [0.15, 0.2) is 0 Å². The molecule has 1 saturated heterocycles. The standard InChI is InChI=1S/C15H31N3O/c1-16-15(12-19,14-4-5-14)11-18-8-6-13(7-9-18)10-17(2)3/h13-14,16,19H,4-12H2,1-3H3. The summed E-state index contributed by atoms with van der Waals surface area (Å²) in [6, 6.07) is 0. The zero-order valence-corrected chi connectivity index (χ0v) is 12.9. The maximum absolute atomic E-state index is 9.79. The van der Waals surface area contributed by atoms with Crippen molar-refractivity contribution in [3.8, 4) is 0 Å². The Morgan fingerprint density at radius 2 is 1.84 bits per heavy atom. The Hall–Kier alpha value is -0.160. The second kappa shape index (κ2) is 6.53. The lowest BCUT2D eigenvalue weighted by atomic mass is 9.90. The summed E-state index contributed by atoms with van der Waals surface area (Å²) in [6.45, 7) is 4.88. The van der Waals surface area contributed by atoms with Crippen LogP contribution in [0.1, 0.15) is 25.7 Å². The molecule has 1 aliphatic heterocycles. The molecule has 2 fully saturated rings. The molecule has 0 radical (unpaired) electrons. The predicted octanol–water partition coefficient (Wildman–Crippen LogP) is 0.621. The number of piperidine rings is 1. The number of likely N-dealkylation sites (N-methyl/N-ethyl adjacent to an activating group) is 1. The van der Waals surface area contributed by atoms with Crippen LogP contribution in [0.2, 0.25) is 0 Å². The molecule has 1 unspecified atom stereocenters. The first kappa shape index (κ1) is 15.2. The molecule has 0 amide bonds. The van der Waals surface area contributed by atoms with E-state index in [1.54, 1.807) is 0 Å². The van der Waals surface area contributed by atoms with Crippen LogP contribution in [-0.4, -0.2) is 74.4 Å². The first-order valence-electron chi connectivity index (χ1n) is 7.76. The molecule has 0 aromatic heterocycles. The molecule has 112 valence electrons. The highest BCUT2D eigenvalue weighted by atomic mass is 16.3. The highest BCUT2D eigenvalue weighted by Crippen LogP contribution is 2.40. The van der Waals surface area contributed by atoms with Crippen LogP contribution < -0.4 is 5.32 Å². The molecule has 19 heavy (non-hydrogen) atoms. The van der Waals surface area contributed by atoms with Gasteiger partial charge >= 0.3 is 0 Å². The van der Waals surface area contributed by atoms with Gasteiger partial charge in [-0.25, -0.2) is 0 Å². The van der Waals surface area contributed by atoms with Crippen molar-refractivity contribution in [3.05, 3.63) is 0 Å². The number of rotatable bonds is 7. The summed E-state index contributed by atoms with van der Waals surface area (Å²) in [6.07, 6.45) is 5.15. The lowest BCUT2D eigenvalue weighted by molar-refractivity contribution is 0.0741. The van der Waals surface area contributed by atoms with Crippen molar-refractivity contribution in [2.24, 2.45) is 11.8 Å². The van der Waals surface area contributed by atoms with Crippen molar-refractivity contribution in [1.29, 1.82) is 0 Å². The molecule has 2 aliphatic rings. The van der Waals surface area contributed by atoms with Crippen LogP contribution in [0.3, 0.4) is 0 Å². The van der Waals surface area contributed by atoms with Crippen molar-refractivity contribution in [2.45, 2.75) is 31.2 Å². The van der Waals surface area contributed by atoms with E-state index in [1.807, 2.05) is 7.05 Å². The quantitative estimate of drug-likeness (QED) is 0.711. The lowest BCUT2D eigenvalue weighted by Crippen LogP contribution is -2.57. The molecule has 2 N–H and O–H groups in total. The molecule has 1 heterocycles. The average molecular weight is 269 g/mol. The van der Waals surface area contributed by atoms with Gasteiger partial charge in [-0.2, -0.15) is 0 Å². The fraction of sp³-hybridized carbons (Fsp3) is 1.00. The van der Waals surface area contributed by atoms with E-state index in [4.69, 9.17) is 0 Å². The molecule has 1 aliphatic carbocycles. The third-order valence-corrected chi connectivity index (χ3v) is 4.98. The van der Waals surface area contributed by atoms with Gasteiger partial charge in [-0.3, -0.25) is 0 Å². The van der Waals surface area contributed by atoms with Crippen LogP contribution >= 0.6 is 0 Å². The first-order valence-corrected chi connectivity index (χ1v) is 7.76. The molecule has 0 aromatic carbocycles. The summed E-state index contributed by atoms with van der Waals surface area (Å²) in [5.41, 5.74) is -0.0472. The van der Waals surface area contributed by atoms with Gasteiger partial charge in [-0.05, 0) is 71.8 Å². The second-order valence-electron chi connectivity index (χ2n) is 6.82. The van der Waals surface area contributed by atoms with Crippen molar-refractivity contribution < 1.29 is 5.11 Å². The van der Waals surface area contributed by atoms with Crippen LogP contribution in [0.4, 0.5) is 0 Å². The largest absolute Gasteiger partial charge is 0.394 e. The maximum atomic E-state index is 9.79. The molecular formula is C15H31N3O. The van der Waals surface area contributed by atoms with Crippen molar-refractivity contribution in [3.63, 3.8) is 0 Å². The fourth-order valence-corrected chi connectivity index (χ4v) is 3.55. The van der Waals surface area contributed by atoms with Gasteiger partial charge in [-0.1, -0.05) is 0 Å².